The highest BCUT2D eigenvalue weighted by molar-refractivity contribution is 4.54. The van der Waals surface area contributed by atoms with Crippen molar-refractivity contribution in [3.8, 4) is 0 Å². The van der Waals surface area contributed by atoms with E-state index in [1.807, 2.05) is 7.05 Å². The predicted molar refractivity (Wildman–Crippen MR) is 41.1 cm³/mol. The average molecular weight is 130 g/mol. The van der Waals surface area contributed by atoms with E-state index >= 15 is 0 Å². The van der Waals surface area contributed by atoms with Crippen LogP contribution in [0.5, 0.6) is 0 Å². The fourth-order valence-electron chi connectivity index (χ4n) is 0.824. The molecule has 0 spiro atoms. The Balaban J connectivity index is 3.09. The van der Waals surface area contributed by atoms with Gasteiger partial charge in [0, 0.05) is 6.54 Å². The minimum absolute atomic E-state index is 0.831. The second-order valence-corrected chi connectivity index (χ2v) is 2.31. The Labute approximate surface area is 58.0 Å². The molecule has 0 fully saturated rings. The van der Waals surface area contributed by atoms with E-state index in [4.69, 9.17) is 0 Å². The number of nitrogens with one attached hydrogen (secondary N) is 2. The zero-order chi connectivity index (χ0) is 7.11. The van der Waals surface area contributed by atoms with E-state index in [9.17, 15) is 0 Å². The van der Waals surface area contributed by atoms with Gasteiger partial charge in [0.25, 0.3) is 0 Å². The SMILES string of the molecule is CCC(CC)CNNC. The van der Waals surface area contributed by atoms with Crippen LogP contribution in [-0.4, -0.2) is 13.6 Å². The summed E-state index contributed by atoms with van der Waals surface area (Å²) >= 11 is 0. The van der Waals surface area contributed by atoms with Gasteiger partial charge in [0.1, 0.15) is 0 Å². The summed E-state index contributed by atoms with van der Waals surface area (Å²) in [6, 6.07) is 0. The maximum absolute atomic E-state index is 3.10. The lowest BCUT2D eigenvalue weighted by molar-refractivity contribution is 0.425. The second kappa shape index (κ2) is 6.05. The summed E-state index contributed by atoms with van der Waals surface area (Å²) in [4.78, 5) is 0. The zero-order valence-corrected chi connectivity index (χ0v) is 6.70. The first-order chi connectivity index (χ1) is 4.35. The average Bonchev–Trinajstić information content (AvgIpc) is 1.91. The highest BCUT2D eigenvalue weighted by Crippen LogP contribution is 2.03. The molecule has 2 nitrogen and oxygen atoms in total. The fourth-order valence-corrected chi connectivity index (χ4v) is 0.824. The van der Waals surface area contributed by atoms with Crippen LogP contribution in [0.1, 0.15) is 26.7 Å². The van der Waals surface area contributed by atoms with E-state index < -0.39 is 0 Å². The van der Waals surface area contributed by atoms with Crippen molar-refractivity contribution in [2.24, 2.45) is 5.92 Å². The summed E-state index contributed by atoms with van der Waals surface area (Å²) in [6.07, 6.45) is 2.54. The molecular formula is C7H18N2. The van der Waals surface area contributed by atoms with Gasteiger partial charge in [0.2, 0.25) is 0 Å². The molecule has 0 aromatic rings. The van der Waals surface area contributed by atoms with Crippen LogP contribution in [0, 0.1) is 5.92 Å². The molecule has 0 aliphatic rings. The second-order valence-electron chi connectivity index (χ2n) is 2.31. The summed E-state index contributed by atoms with van der Waals surface area (Å²) in [5.74, 6) is 0.831. The van der Waals surface area contributed by atoms with Crippen LogP contribution in [0.25, 0.3) is 0 Å². The molecule has 56 valence electrons. The lowest BCUT2D eigenvalue weighted by Crippen LogP contribution is -2.32. The van der Waals surface area contributed by atoms with Crippen molar-refractivity contribution < 1.29 is 0 Å². The molecule has 0 heterocycles. The van der Waals surface area contributed by atoms with E-state index in [0.29, 0.717) is 0 Å². The topological polar surface area (TPSA) is 24.1 Å². The smallest absolute Gasteiger partial charge is 0.0128 e. The van der Waals surface area contributed by atoms with Crippen LogP contribution < -0.4 is 10.9 Å². The van der Waals surface area contributed by atoms with E-state index in [1.165, 1.54) is 12.8 Å². The van der Waals surface area contributed by atoms with Gasteiger partial charge in [0.05, 0.1) is 0 Å². The van der Waals surface area contributed by atoms with Gasteiger partial charge in [-0.15, -0.1) is 0 Å². The maximum atomic E-state index is 3.10. The van der Waals surface area contributed by atoms with Crippen molar-refractivity contribution in [2.45, 2.75) is 26.7 Å². The number of rotatable bonds is 5. The Bertz CT molecular complexity index is 50.9. The van der Waals surface area contributed by atoms with Crippen molar-refractivity contribution >= 4 is 0 Å². The van der Waals surface area contributed by atoms with Gasteiger partial charge in [-0.3, -0.25) is 10.9 Å². The molecule has 0 aromatic carbocycles. The molecule has 0 amide bonds. The van der Waals surface area contributed by atoms with Gasteiger partial charge in [-0.2, -0.15) is 0 Å². The van der Waals surface area contributed by atoms with E-state index in [2.05, 4.69) is 24.7 Å². The maximum Gasteiger partial charge on any atom is 0.0128 e. The fraction of sp³-hybridized carbons (Fsp3) is 1.00. The first kappa shape index (κ1) is 8.92. The summed E-state index contributed by atoms with van der Waals surface area (Å²) < 4.78 is 0. The van der Waals surface area contributed by atoms with Gasteiger partial charge in [0.15, 0.2) is 0 Å². The van der Waals surface area contributed by atoms with Crippen LogP contribution in [0.3, 0.4) is 0 Å². The molecule has 2 N–H and O–H groups in total. The van der Waals surface area contributed by atoms with Gasteiger partial charge in [-0.1, -0.05) is 26.7 Å². The van der Waals surface area contributed by atoms with E-state index in [-0.39, 0.29) is 0 Å². The zero-order valence-electron chi connectivity index (χ0n) is 6.70. The van der Waals surface area contributed by atoms with Crippen molar-refractivity contribution in [3.05, 3.63) is 0 Å². The highest BCUT2D eigenvalue weighted by Gasteiger charge is 1.99. The molecule has 0 aliphatic heterocycles. The minimum Gasteiger partial charge on any atom is -0.261 e. The summed E-state index contributed by atoms with van der Waals surface area (Å²) in [5.41, 5.74) is 6.02. The van der Waals surface area contributed by atoms with Crippen LogP contribution in [0.15, 0.2) is 0 Å². The van der Waals surface area contributed by atoms with Crippen LogP contribution in [-0.2, 0) is 0 Å². The predicted octanol–water partition coefficient (Wildman–Crippen LogP) is 1.15. The normalized spacial score (nSPS) is 10.7. The summed E-state index contributed by atoms with van der Waals surface area (Å²) in [5, 5.41) is 0. The quantitative estimate of drug-likeness (QED) is 0.545. The third-order valence-corrected chi connectivity index (χ3v) is 1.72. The van der Waals surface area contributed by atoms with Crippen LogP contribution in [0.4, 0.5) is 0 Å². The Kier molecular flexibility index (Phi) is 5.99. The van der Waals surface area contributed by atoms with E-state index in [0.717, 1.165) is 12.5 Å². The molecule has 0 aliphatic carbocycles. The molecule has 0 radical (unpaired) electrons. The van der Waals surface area contributed by atoms with E-state index in [1.54, 1.807) is 0 Å². The molecule has 0 atom stereocenters. The van der Waals surface area contributed by atoms with Gasteiger partial charge in [-0.25, -0.2) is 0 Å². The molecule has 0 rings (SSSR count). The Hall–Kier alpha value is -0.0800. The Morgan fingerprint density at radius 3 is 2.11 bits per heavy atom. The van der Waals surface area contributed by atoms with Crippen LogP contribution in [0.2, 0.25) is 0 Å². The van der Waals surface area contributed by atoms with Gasteiger partial charge in [-0.05, 0) is 13.0 Å². The highest BCUT2D eigenvalue weighted by atomic mass is 15.3. The molecule has 0 bridgehead atoms. The van der Waals surface area contributed by atoms with Crippen LogP contribution >= 0.6 is 0 Å². The minimum atomic E-state index is 0.831. The Morgan fingerprint density at radius 1 is 1.22 bits per heavy atom. The molecule has 0 saturated carbocycles. The number of hydrogen-bond donors (Lipinski definition) is 2. The molecule has 0 saturated heterocycles. The summed E-state index contributed by atoms with van der Waals surface area (Å²) in [6.45, 7) is 5.54. The molecule has 0 unspecified atom stereocenters. The Morgan fingerprint density at radius 2 is 1.78 bits per heavy atom. The third kappa shape index (κ3) is 4.43. The first-order valence-corrected chi connectivity index (χ1v) is 3.74. The van der Waals surface area contributed by atoms with Crippen molar-refractivity contribution in [3.63, 3.8) is 0 Å². The molecule has 0 aromatic heterocycles. The monoisotopic (exact) mass is 130 g/mol. The third-order valence-electron chi connectivity index (χ3n) is 1.72. The molecular weight excluding hydrogens is 112 g/mol. The van der Waals surface area contributed by atoms with Crippen molar-refractivity contribution in [1.29, 1.82) is 0 Å². The first-order valence-electron chi connectivity index (χ1n) is 3.74. The van der Waals surface area contributed by atoms with Gasteiger partial charge < -0.3 is 0 Å². The van der Waals surface area contributed by atoms with Crippen molar-refractivity contribution in [2.75, 3.05) is 13.6 Å². The standard InChI is InChI=1S/C7H18N2/c1-4-7(5-2)6-9-8-3/h7-9H,4-6H2,1-3H3. The largest absolute Gasteiger partial charge is 0.261 e. The lowest BCUT2D eigenvalue weighted by Gasteiger charge is -2.11. The lowest BCUT2D eigenvalue weighted by atomic mass is 10.0. The molecule has 9 heavy (non-hydrogen) atoms. The van der Waals surface area contributed by atoms with Crippen molar-refractivity contribution in [1.82, 2.24) is 10.9 Å². The number of hydrogen-bond acceptors (Lipinski definition) is 2. The number of hydrazine groups is 1. The molecule has 2 heteroatoms. The van der Waals surface area contributed by atoms with Gasteiger partial charge >= 0.3 is 0 Å². The summed E-state index contributed by atoms with van der Waals surface area (Å²) in [7, 11) is 1.91.